The van der Waals surface area contributed by atoms with E-state index in [9.17, 15) is 38.9 Å². The maximum atomic E-state index is 14.3. The number of carbonyl (C=O) groups excluding carboxylic acids is 6. The van der Waals surface area contributed by atoms with Crippen molar-refractivity contribution < 1.29 is 64.2 Å². The van der Waals surface area contributed by atoms with Crippen molar-refractivity contribution in [1.29, 1.82) is 0 Å². The number of thiazole rings is 4. The summed E-state index contributed by atoms with van der Waals surface area (Å²) in [5.74, 6) is 0.397. The largest absolute Gasteiger partial charge is 0.444 e. The molecule has 0 aliphatic carbocycles. The minimum Gasteiger partial charge on any atom is -0.444 e. The molecule has 30 heteroatoms. The summed E-state index contributed by atoms with van der Waals surface area (Å²) < 4.78 is 11.0. The van der Waals surface area contributed by atoms with E-state index in [1.54, 1.807) is 72.1 Å². The van der Waals surface area contributed by atoms with Gasteiger partial charge in [0.05, 0.1) is 72.3 Å². The van der Waals surface area contributed by atoms with Crippen molar-refractivity contribution in [3.63, 3.8) is 0 Å². The molecule has 8 N–H and O–H groups in total. The van der Waals surface area contributed by atoms with E-state index in [0.29, 0.717) is 70.3 Å². The van der Waals surface area contributed by atoms with E-state index in [4.69, 9.17) is 15.2 Å². The number of Topliss-reactive ketones (excluding diaryl/α,β-unsaturated/α-hetero) is 2. The molecule has 8 aromatic rings. The normalized spacial score (nSPS) is 12.6. The molecule has 0 spiro atoms. The zero-order valence-corrected chi connectivity index (χ0v) is 70.2. The molecule has 6 atom stereocenters. The number of hydrogen-bond donors (Lipinski definition) is 7. The molecule has 0 fully saturated rings. The number of nitrogens with zero attached hydrogens (tertiary/aromatic N) is 7. The predicted octanol–water partition coefficient (Wildman–Crippen LogP) is 14.6. The Morgan fingerprint density at radius 2 is 0.935 bits per heavy atom. The van der Waals surface area contributed by atoms with E-state index in [1.807, 2.05) is 120 Å². The Balaban J connectivity index is 0.000000448. The average Bonchev–Trinajstić information content (AvgIpc) is 1.33. The van der Waals surface area contributed by atoms with Gasteiger partial charge < -0.3 is 56.9 Å². The average molecular weight is 1840 g/mol. The van der Waals surface area contributed by atoms with Gasteiger partial charge in [0.15, 0.2) is 17.4 Å². The summed E-state index contributed by atoms with van der Waals surface area (Å²) in [4.78, 5) is 113. The van der Waals surface area contributed by atoms with Crippen molar-refractivity contribution in [1.82, 2.24) is 61.6 Å². The Morgan fingerprint density at radius 1 is 0.556 bits per heavy atom. The molecule has 24 nitrogen and oxygen atoms in total. The van der Waals surface area contributed by atoms with Crippen LogP contribution in [0.25, 0.3) is 0 Å². The molecule has 0 saturated carbocycles. The number of nitrogens with two attached hydrogens (primary N) is 1. The predicted molar refractivity (Wildman–Crippen MR) is 436 cm³/mol. The molecule has 4 aromatic heterocycles. The third-order valence-corrected chi connectivity index (χ3v) is 21.1. The number of rotatable bonds is 42. The van der Waals surface area contributed by atoms with E-state index >= 15 is 0 Å². The van der Waals surface area contributed by atoms with Crippen molar-refractivity contribution in [2.24, 2.45) is 17.6 Å². The van der Waals surface area contributed by atoms with Crippen LogP contribution < -0.4 is 37.6 Å². The van der Waals surface area contributed by atoms with Crippen LogP contribution in [0.4, 0.5) is 19.2 Å². The molecule has 0 aliphatic rings. The zero-order valence-electron chi connectivity index (χ0n) is 61.7. The molecule has 0 unspecified atom stereocenters. The van der Waals surface area contributed by atoms with Gasteiger partial charge in [0.1, 0.15) is 13.2 Å². The van der Waals surface area contributed by atoms with E-state index in [1.165, 1.54) is 27.6 Å². The fourth-order valence-corrected chi connectivity index (χ4v) is 14.3. The fourth-order valence-electron chi connectivity index (χ4n) is 11.7. The quantitative estimate of drug-likeness (QED) is 0.0106. The number of amides is 6. The third-order valence-electron chi connectivity index (χ3n) is 17.2. The fraction of sp³-hybridized carbons (Fsp3) is 0.436. The summed E-state index contributed by atoms with van der Waals surface area (Å²) >= 11 is 5.97. The molecular formula is C78H105IN14O10S4W. The summed E-state index contributed by atoms with van der Waals surface area (Å²) in [6.07, 6.45) is 9.08. The number of nitrogens with one attached hydrogen (secondary N) is 6. The number of alkyl carbamates (subject to hydrolysis) is 2. The summed E-state index contributed by atoms with van der Waals surface area (Å²) in [7, 11) is 4.91. The second kappa shape index (κ2) is 50.6. The number of nitro groups is 1. The Labute approximate surface area is 682 Å². The van der Waals surface area contributed by atoms with E-state index < -0.39 is 35.2 Å². The Hall–Kier alpha value is -8.06. The van der Waals surface area contributed by atoms with Crippen LogP contribution in [0.3, 0.4) is 0 Å². The SMILES string of the molecule is C.CC(C)c1nc(CN(C)C(=O)N[C@@H](CCN)C(=O)C[C@@H](CC[C@@H](Cc2ccccc2)NC(=O)OCc2cncs2)Cc2ccccc2)cs1.CN/C(=C\[N+](=O)[O-])NCC[C@H](NC(=O)N(C)Cc1csc(C(C)C)n1)C(=O)C[C@@H](CC[C@@H](Cc1ccccc1)NC(=O)OCc1cncs1)Cc1ccccc1.I.[W]. The van der Waals surface area contributed by atoms with Crippen molar-refractivity contribution in [3.8, 4) is 0 Å². The molecule has 0 aliphatic heterocycles. The molecule has 8 rings (SSSR count). The van der Waals surface area contributed by atoms with Crippen molar-refractivity contribution in [2.75, 3.05) is 34.2 Å². The second-order valence-corrected chi connectivity index (χ2v) is 30.2. The van der Waals surface area contributed by atoms with Gasteiger partial charge in [-0.3, -0.25) is 29.7 Å². The number of ether oxygens (including phenoxy) is 2. The van der Waals surface area contributed by atoms with Crippen molar-refractivity contribution in [2.45, 2.75) is 174 Å². The molecule has 6 amide bonds. The molecule has 4 heterocycles. The van der Waals surface area contributed by atoms with Gasteiger partial charge in [-0.1, -0.05) is 156 Å². The van der Waals surface area contributed by atoms with Gasteiger partial charge in [-0.2, -0.15) is 0 Å². The first kappa shape index (κ1) is 92.3. The van der Waals surface area contributed by atoms with E-state index in [2.05, 4.69) is 91.7 Å². The number of ketones is 2. The van der Waals surface area contributed by atoms with Crippen LogP contribution in [0.15, 0.2) is 168 Å². The zero-order chi connectivity index (χ0) is 75.3. The number of halogens is 1. The number of aromatic nitrogens is 4. The molecular weight excluding hydrogens is 1730 g/mol. The number of benzene rings is 4. The van der Waals surface area contributed by atoms with E-state index in [0.717, 1.165) is 59.6 Å². The summed E-state index contributed by atoms with van der Waals surface area (Å²) in [5, 5.41) is 34.7. The number of carbonyl (C=O) groups is 6. The maximum absolute atomic E-state index is 14.3. The Kier molecular flexibility index (Phi) is 43.3. The molecule has 0 saturated heterocycles. The summed E-state index contributed by atoms with van der Waals surface area (Å²) in [5.41, 5.74) is 15.2. The molecule has 0 radical (unpaired) electrons. The number of urea groups is 2. The smallest absolute Gasteiger partial charge is 0.407 e. The van der Waals surface area contributed by atoms with Crippen LogP contribution in [0.2, 0.25) is 0 Å². The number of hydrogen-bond acceptors (Lipinski definition) is 21. The monoisotopic (exact) mass is 1840 g/mol. The first-order valence-electron chi connectivity index (χ1n) is 35.4. The second-order valence-electron chi connectivity index (χ2n) is 26.5. The van der Waals surface area contributed by atoms with Gasteiger partial charge in [-0.15, -0.1) is 69.3 Å². The van der Waals surface area contributed by atoms with Crippen LogP contribution >= 0.6 is 69.3 Å². The maximum Gasteiger partial charge on any atom is 0.407 e. The molecule has 0 bridgehead atoms. The van der Waals surface area contributed by atoms with Gasteiger partial charge in [0, 0.05) is 109 Å². The van der Waals surface area contributed by atoms with E-state index in [-0.39, 0.29) is 158 Å². The van der Waals surface area contributed by atoms with Crippen LogP contribution in [-0.2, 0) is 92.1 Å². The summed E-state index contributed by atoms with van der Waals surface area (Å²) in [6, 6.07) is 37.0. The van der Waals surface area contributed by atoms with Crippen LogP contribution in [-0.4, -0.2) is 129 Å². The minimum absolute atomic E-state index is 0. The minimum atomic E-state index is -0.883. The van der Waals surface area contributed by atoms with Gasteiger partial charge >= 0.3 is 24.2 Å². The first-order valence-corrected chi connectivity index (χ1v) is 38.9. The molecule has 108 heavy (non-hydrogen) atoms. The van der Waals surface area contributed by atoms with Crippen LogP contribution in [0.5, 0.6) is 0 Å². The van der Waals surface area contributed by atoms with Gasteiger partial charge in [0.2, 0.25) is 0 Å². The first-order chi connectivity index (χ1) is 50.7. The van der Waals surface area contributed by atoms with Gasteiger partial charge in [-0.05, 0) is 105 Å². The van der Waals surface area contributed by atoms with Crippen molar-refractivity contribution >= 4 is 105 Å². The van der Waals surface area contributed by atoms with Crippen molar-refractivity contribution in [3.05, 3.63) is 231 Å². The molecule has 4 aromatic carbocycles. The molecule has 584 valence electrons. The standard InChI is InChI=1S/C40H52N8O6S2.C37H48N6O4S2.CH4.HI.W/c1-28(2)38-44-33(26-55-38)23-47(4)39(50)46-35(17-18-43-37(41-3)24-48(52)53)36(49)21-31(19-29-11-7-5-8-12-29)15-16-32(20-30-13-9-6-10-14-30)45-40(51)54-25-34-22-42-27-56-34;1-26(2)35-40-31(24-48-35)22-43(3)36(45)42-33(16-17-38)34(44)20-29(18-27-10-6-4-7-11-27)14-15-30(19-28-12-8-5-9-13-28)41-37(46)47-23-32-21-39-25-49-32;;;/h5-14,22,24,26-28,31-32,35,41,43H,15-21,23,25H2,1-4H3,(H,45,51)(H,46,50);4-13,21,24-26,29-30,33H,14-20,22-23,38H2,1-3H3,(H,41,46)(H,42,45);1H4;1H;/b37-24+;;;;/t31-,32-,35-;29-,30-,33-;;;/m00.../s1. The topological polar surface area (TPSA) is 320 Å². The Morgan fingerprint density at radius 3 is 1.27 bits per heavy atom. The Bertz CT molecular complexity index is 3920. The van der Waals surface area contributed by atoms with Crippen LogP contribution in [0.1, 0.15) is 152 Å². The van der Waals surface area contributed by atoms with Gasteiger partial charge in [-0.25, -0.2) is 29.1 Å². The third kappa shape index (κ3) is 34.7. The summed E-state index contributed by atoms with van der Waals surface area (Å²) in [6.45, 7) is 9.65. The van der Waals surface area contributed by atoms with Gasteiger partial charge in [0.25, 0.3) is 6.20 Å². The van der Waals surface area contributed by atoms with Crippen LogP contribution in [0, 0.1) is 22.0 Å².